The first kappa shape index (κ1) is 10.8. The summed E-state index contributed by atoms with van der Waals surface area (Å²) in [6, 6.07) is 10.3. The molecule has 0 spiro atoms. The Labute approximate surface area is 95.6 Å². The van der Waals surface area contributed by atoms with E-state index in [9.17, 15) is 0 Å². The zero-order valence-corrected chi connectivity index (χ0v) is 9.51. The van der Waals surface area contributed by atoms with Crippen molar-refractivity contribution < 1.29 is 0 Å². The highest BCUT2D eigenvalue weighted by Crippen LogP contribution is 2.17. The van der Waals surface area contributed by atoms with Gasteiger partial charge in [-0.05, 0) is 25.1 Å². The molecule has 0 aliphatic rings. The van der Waals surface area contributed by atoms with Crippen molar-refractivity contribution in [2.24, 2.45) is 0 Å². The lowest BCUT2D eigenvalue weighted by atomic mass is 10.1. The third-order valence-electron chi connectivity index (χ3n) is 2.48. The lowest BCUT2D eigenvalue weighted by molar-refractivity contribution is 0.645. The number of hydrogen-bond donors (Lipinski definition) is 1. The van der Waals surface area contributed by atoms with Crippen molar-refractivity contribution >= 4 is 0 Å². The Morgan fingerprint density at radius 1 is 1.06 bits per heavy atom. The van der Waals surface area contributed by atoms with Crippen LogP contribution in [-0.2, 0) is 0 Å². The molecule has 0 aliphatic carbocycles. The third-order valence-corrected chi connectivity index (χ3v) is 2.48. The van der Waals surface area contributed by atoms with Crippen LogP contribution in [0.15, 0.2) is 42.7 Å². The quantitative estimate of drug-likeness (QED) is 0.848. The number of nitrogens with one attached hydrogen (secondary N) is 1. The van der Waals surface area contributed by atoms with Crippen molar-refractivity contribution in [1.29, 1.82) is 0 Å². The second-order valence-corrected chi connectivity index (χ2v) is 3.75. The highest BCUT2D eigenvalue weighted by atomic mass is 15.0. The minimum atomic E-state index is 0.0572. The molecule has 0 saturated carbocycles. The molecule has 0 amide bonds. The number of aryl methyl sites for hydroxylation is 1. The molecule has 1 unspecified atom stereocenters. The molecule has 3 nitrogen and oxygen atoms in total. The highest BCUT2D eigenvalue weighted by molar-refractivity contribution is 5.24. The van der Waals surface area contributed by atoms with Gasteiger partial charge in [0.15, 0.2) is 0 Å². The molecule has 1 atom stereocenters. The van der Waals surface area contributed by atoms with E-state index in [4.69, 9.17) is 0 Å². The first-order chi connectivity index (χ1) is 7.81. The summed E-state index contributed by atoms with van der Waals surface area (Å²) < 4.78 is 0. The number of rotatable bonds is 3. The first-order valence-corrected chi connectivity index (χ1v) is 5.32. The van der Waals surface area contributed by atoms with Crippen LogP contribution in [0.25, 0.3) is 0 Å². The van der Waals surface area contributed by atoms with E-state index in [0.29, 0.717) is 0 Å². The molecule has 1 N–H and O–H groups in total. The van der Waals surface area contributed by atoms with Crippen molar-refractivity contribution in [3.8, 4) is 0 Å². The second kappa shape index (κ2) is 4.86. The SMILES string of the molecule is CNC(c1ccccc1)c1ncc(C)cn1. The fraction of sp³-hybridized carbons (Fsp3) is 0.231. The molecule has 1 aromatic carbocycles. The molecule has 2 aromatic rings. The van der Waals surface area contributed by atoms with Gasteiger partial charge in [-0.3, -0.25) is 0 Å². The Bertz CT molecular complexity index is 436. The summed E-state index contributed by atoms with van der Waals surface area (Å²) in [6.45, 7) is 1.99. The van der Waals surface area contributed by atoms with Crippen molar-refractivity contribution in [2.75, 3.05) is 7.05 Å². The molecule has 3 heteroatoms. The Morgan fingerprint density at radius 2 is 1.69 bits per heavy atom. The van der Waals surface area contributed by atoms with Crippen molar-refractivity contribution in [3.63, 3.8) is 0 Å². The predicted octanol–water partition coefficient (Wildman–Crippen LogP) is 2.09. The van der Waals surface area contributed by atoms with Gasteiger partial charge in [0.25, 0.3) is 0 Å². The van der Waals surface area contributed by atoms with Crippen LogP contribution in [0.4, 0.5) is 0 Å². The molecule has 16 heavy (non-hydrogen) atoms. The van der Waals surface area contributed by atoms with Crippen molar-refractivity contribution in [3.05, 3.63) is 59.7 Å². The summed E-state index contributed by atoms with van der Waals surface area (Å²) in [5.74, 6) is 0.805. The van der Waals surface area contributed by atoms with Gasteiger partial charge in [-0.15, -0.1) is 0 Å². The van der Waals surface area contributed by atoms with Crippen LogP contribution in [0.5, 0.6) is 0 Å². The first-order valence-electron chi connectivity index (χ1n) is 5.32. The third kappa shape index (κ3) is 2.25. The summed E-state index contributed by atoms with van der Waals surface area (Å²) in [5, 5.41) is 3.23. The average Bonchev–Trinajstić information content (AvgIpc) is 2.34. The van der Waals surface area contributed by atoms with Crippen LogP contribution >= 0.6 is 0 Å². The largest absolute Gasteiger partial charge is 0.307 e. The van der Waals surface area contributed by atoms with E-state index in [1.165, 1.54) is 5.56 Å². The Hall–Kier alpha value is -1.74. The minimum absolute atomic E-state index is 0.0572. The maximum atomic E-state index is 4.35. The minimum Gasteiger partial charge on any atom is -0.307 e. The normalized spacial score (nSPS) is 12.4. The molecule has 0 radical (unpaired) electrons. The van der Waals surface area contributed by atoms with Gasteiger partial charge in [-0.2, -0.15) is 0 Å². The fourth-order valence-corrected chi connectivity index (χ4v) is 1.64. The topological polar surface area (TPSA) is 37.8 Å². The molecule has 0 bridgehead atoms. The van der Waals surface area contributed by atoms with Crippen LogP contribution in [0.1, 0.15) is 23.0 Å². The van der Waals surface area contributed by atoms with Gasteiger partial charge in [-0.1, -0.05) is 30.3 Å². The molecule has 0 fully saturated rings. The summed E-state index contributed by atoms with van der Waals surface area (Å²) in [7, 11) is 1.92. The standard InChI is InChI=1S/C13H15N3/c1-10-8-15-13(16-9-10)12(14-2)11-6-4-3-5-7-11/h3-9,12,14H,1-2H3. The number of aromatic nitrogens is 2. The summed E-state index contributed by atoms with van der Waals surface area (Å²) in [5.41, 5.74) is 2.25. The smallest absolute Gasteiger partial charge is 0.149 e. The van der Waals surface area contributed by atoms with Crippen molar-refractivity contribution in [2.45, 2.75) is 13.0 Å². The zero-order chi connectivity index (χ0) is 11.4. The van der Waals surface area contributed by atoms with Crippen molar-refractivity contribution in [1.82, 2.24) is 15.3 Å². The van der Waals surface area contributed by atoms with Crippen LogP contribution in [0.2, 0.25) is 0 Å². The van der Waals surface area contributed by atoms with E-state index in [1.54, 1.807) is 0 Å². The van der Waals surface area contributed by atoms with Gasteiger partial charge in [0.1, 0.15) is 5.82 Å². The molecular weight excluding hydrogens is 198 g/mol. The second-order valence-electron chi connectivity index (χ2n) is 3.75. The lowest BCUT2D eigenvalue weighted by Gasteiger charge is -2.14. The summed E-state index contributed by atoms with van der Waals surface area (Å²) >= 11 is 0. The van der Waals surface area contributed by atoms with Crippen LogP contribution in [0, 0.1) is 6.92 Å². The van der Waals surface area contributed by atoms with Gasteiger partial charge in [0.05, 0.1) is 6.04 Å². The van der Waals surface area contributed by atoms with E-state index in [0.717, 1.165) is 11.4 Å². The van der Waals surface area contributed by atoms with E-state index in [1.807, 2.05) is 44.6 Å². The number of nitrogens with zero attached hydrogens (tertiary/aromatic N) is 2. The Balaban J connectivity index is 2.33. The highest BCUT2D eigenvalue weighted by Gasteiger charge is 2.13. The molecule has 2 rings (SSSR count). The van der Waals surface area contributed by atoms with E-state index in [2.05, 4.69) is 27.4 Å². The van der Waals surface area contributed by atoms with Gasteiger partial charge >= 0.3 is 0 Å². The maximum Gasteiger partial charge on any atom is 0.149 e. The molecule has 0 saturated heterocycles. The molecular formula is C13H15N3. The van der Waals surface area contributed by atoms with E-state index >= 15 is 0 Å². The van der Waals surface area contributed by atoms with Gasteiger partial charge in [0.2, 0.25) is 0 Å². The molecule has 0 aliphatic heterocycles. The average molecular weight is 213 g/mol. The fourth-order valence-electron chi connectivity index (χ4n) is 1.64. The summed E-state index contributed by atoms with van der Waals surface area (Å²) in [4.78, 5) is 8.70. The Kier molecular flexibility index (Phi) is 3.27. The summed E-state index contributed by atoms with van der Waals surface area (Å²) in [6.07, 6.45) is 3.69. The van der Waals surface area contributed by atoms with Gasteiger partial charge in [0, 0.05) is 12.4 Å². The van der Waals surface area contributed by atoms with Gasteiger partial charge < -0.3 is 5.32 Å². The van der Waals surface area contributed by atoms with Crippen LogP contribution in [0.3, 0.4) is 0 Å². The van der Waals surface area contributed by atoms with Gasteiger partial charge in [-0.25, -0.2) is 9.97 Å². The van der Waals surface area contributed by atoms with E-state index < -0.39 is 0 Å². The molecule has 1 aromatic heterocycles. The monoisotopic (exact) mass is 213 g/mol. The molecule has 82 valence electrons. The Morgan fingerprint density at radius 3 is 2.25 bits per heavy atom. The number of benzene rings is 1. The predicted molar refractivity (Wildman–Crippen MR) is 64.1 cm³/mol. The lowest BCUT2D eigenvalue weighted by Crippen LogP contribution is -2.20. The van der Waals surface area contributed by atoms with Crippen LogP contribution < -0.4 is 5.32 Å². The zero-order valence-electron chi connectivity index (χ0n) is 9.51. The van der Waals surface area contributed by atoms with E-state index in [-0.39, 0.29) is 6.04 Å². The molecule has 1 heterocycles. The maximum absolute atomic E-state index is 4.35. The van der Waals surface area contributed by atoms with Crippen LogP contribution in [-0.4, -0.2) is 17.0 Å². The number of hydrogen-bond acceptors (Lipinski definition) is 3.